The summed E-state index contributed by atoms with van der Waals surface area (Å²) in [6.45, 7) is 7.09. The topological polar surface area (TPSA) is 209 Å². The van der Waals surface area contributed by atoms with Gasteiger partial charge in [-0.3, -0.25) is 15.0 Å². The molecular formula is C39H36N12O5. The Morgan fingerprint density at radius 3 is 2.11 bits per heavy atom. The fraction of sp³-hybridized carbons (Fsp3) is 0.231. The minimum Gasteiger partial charge on any atom is -0.470 e. The first-order valence-electron chi connectivity index (χ1n) is 17.7. The Morgan fingerprint density at radius 1 is 0.768 bits per heavy atom. The van der Waals surface area contributed by atoms with Crippen LogP contribution in [0.4, 0.5) is 0 Å². The summed E-state index contributed by atoms with van der Waals surface area (Å²) in [7, 11) is 0. The average Bonchev–Trinajstić information content (AvgIpc) is 4.05. The molecule has 2 N–H and O–H groups in total. The number of aliphatic hydroxyl groups excluding tert-OH is 2. The first-order chi connectivity index (χ1) is 27.3. The summed E-state index contributed by atoms with van der Waals surface area (Å²) in [5.74, 6) is 2.21. The second-order valence-corrected chi connectivity index (χ2v) is 13.7. The van der Waals surface area contributed by atoms with Gasteiger partial charge in [0.15, 0.2) is 17.1 Å². The fourth-order valence-corrected chi connectivity index (χ4v) is 6.10. The van der Waals surface area contributed by atoms with E-state index in [-0.39, 0.29) is 25.2 Å². The van der Waals surface area contributed by atoms with E-state index in [1.165, 1.54) is 0 Å². The highest BCUT2D eigenvalue weighted by Gasteiger charge is 2.29. The van der Waals surface area contributed by atoms with E-state index in [9.17, 15) is 10.2 Å². The van der Waals surface area contributed by atoms with Crippen LogP contribution in [0.3, 0.4) is 0 Å². The van der Waals surface area contributed by atoms with Gasteiger partial charge in [0, 0.05) is 34.8 Å². The Bertz CT molecular complexity index is 2700. The van der Waals surface area contributed by atoms with Crippen LogP contribution >= 0.6 is 0 Å². The van der Waals surface area contributed by atoms with Crippen molar-refractivity contribution in [2.45, 2.75) is 46.0 Å². The number of ether oxygens (including phenoxy) is 2. The molecule has 9 rings (SSSR count). The summed E-state index contributed by atoms with van der Waals surface area (Å²) in [5.41, 5.74) is 5.66. The maximum absolute atomic E-state index is 9.35. The van der Waals surface area contributed by atoms with Gasteiger partial charge in [-0.25, -0.2) is 4.52 Å². The SMILES string of the molecule is CC(C)(C)c1c(OCc2ccccn2)nn2c(C3=NCC(CO)=C3)nncc12.OCc1cc(-c2nnc3c4ccccc4c(OCc4ccccn4)nn23)no1. The quantitative estimate of drug-likeness (QED) is 0.197. The summed E-state index contributed by atoms with van der Waals surface area (Å²) in [6, 6.07) is 20.6. The highest BCUT2D eigenvalue weighted by Crippen LogP contribution is 2.35. The number of hydrogen-bond acceptors (Lipinski definition) is 15. The minimum atomic E-state index is -0.251. The number of hydrogen-bond donors (Lipinski definition) is 2. The molecule has 0 amide bonds. The van der Waals surface area contributed by atoms with E-state index in [1.54, 1.807) is 33.7 Å². The van der Waals surface area contributed by atoms with Crippen LogP contribution in [0.15, 0.2) is 106 Å². The van der Waals surface area contributed by atoms with E-state index in [0.717, 1.165) is 38.8 Å². The first kappa shape index (κ1) is 36.0. The zero-order chi connectivity index (χ0) is 38.6. The Labute approximate surface area is 319 Å². The van der Waals surface area contributed by atoms with E-state index < -0.39 is 0 Å². The van der Waals surface area contributed by atoms with Crippen molar-refractivity contribution in [1.82, 2.24) is 54.7 Å². The number of aliphatic imine (C=N–C) groups is 1. The van der Waals surface area contributed by atoms with Crippen LogP contribution in [-0.2, 0) is 25.2 Å². The van der Waals surface area contributed by atoms with Gasteiger partial charge in [-0.2, -0.15) is 9.61 Å². The molecule has 1 aliphatic heterocycles. The normalized spacial score (nSPS) is 12.8. The third-order valence-corrected chi connectivity index (χ3v) is 8.74. The van der Waals surface area contributed by atoms with Gasteiger partial charge in [0.25, 0.3) is 0 Å². The van der Waals surface area contributed by atoms with Crippen molar-refractivity contribution in [3.63, 3.8) is 0 Å². The Kier molecular flexibility index (Phi) is 9.91. The zero-order valence-corrected chi connectivity index (χ0v) is 30.7. The minimum absolute atomic E-state index is 0.0266. The molecule has 7 aromatic heterocycles. The molecule has 0 radical (unpaired) electrons. The Morgan fingerprint density at radius 2 is 1.46 bits per heavy atom. The van der Waals surface area contributed by atoms with Crippen molar-refractivity contribution in [2.75, 3.05) is 13.2 Å². The van der Waals surface area contributed by atoms with Crippen molar-refractivity contribution in [1.29, 1.82) is 0 Å². The maximum Gasteiger partial charge on any atom is 0.240 e. The van der Waals surface area contributed by atoms with E-state index >= 15 is 0 Å². The molecule has 0 unspecified atom stereocenters. The second kappa shape index (κ2) is 15.4. The Hall–Kier alpha value is -6.98. The smallest absolute Gasteiger partial charge is 0.240 e. The van der Waals surface area contributed by atoms with Crippen LogP contribution in [0, 0.1) is 0 Å². The molecule has 17 nitrogen and oxygen atoms in total. The molecule has 0 bridgehead atoms. The van der Waals surface area contributed by atoms with Gasteiger partial charge in [0.1, 0.15) is 25.5 Å². The summed E-state index contributed by atoms with van der Waals surface area (Å²) in [5, 5.41) is 50.3. The number of pyridine rings is 2. The van der Waals surface area contributed by atoms with Crippen LogP contribution in [0.2, 0.25) is 0 Å². The van der Waals surface area contributed by atoms with E-state index in [0.29, 0.717) is 59.4 Å². The number of allylic oxidation sites excluding steroid dienone is 1. The average molecular weight is 753 g/mol. The molecule has 0 saturated heterocycles. The molecular weight excluding hydrogens is 717 g/mol. The van der Waals surface area contributed by atoms with Crippen LogP contribution in [0.25, 0.3) is 33.5 Å². The van der Waals surface area contributed by atoms with Crippen LogP contribution in [0.5, 0.6) is 11.8 Å². The first-order valence-corrected chi connectivity index (χ1v) is 17.7. The van der Waals surface area contributed by atoms with Gasteiger partial charge in [-0.15, -0.1) is 25.5 Å². The van der Waals surface area contributed by atoms with Crippen molar-refractivity contribution in [3.05, 3.63) is 126 Å². The summed E-state index contributed by atoms with van der Waals surface area (Å²) < 4.78 is 20.4. The number of fused-ring (bicyclic) bond motifs is 4. The van der Waals surface area contributed by atoms with E-state index in [4.69, 9.17) is 14.0 Å². The molecule has 56 heavy (non-hydrogen) atoms. The predicted molar refractivity (Wildman–Crippen MR) is 203 cm³/mol. The lowest BCUT2D eigenvalue weighted by Crippen LogP contribution is -2.14. The summed E-state index contributed by atoms with van der Waals surface area (Å²) in [6.07, 6.45) is 6.98. The molecule has 0 spiro atoms. The Balaban J connectivity index is 0.000000157. The lowest BCUT2D eigenvalue weighted by atomic mass is 9.88. The van der Waals surface area contributed by atoms with E-state index in [1.807, 2.05) is 66.7 Å². The number of benzene rings is 1. The van der Waals surface area contributed by atoms with Crippen LogP contribution < -0.4 is 9.47 Å². The largest absolute Gasteiger partial charge is 0.470 e. The van der Waals surface area contributed by atoms with Crippen LogP contribution in [-0.4, -0.2) is 83.8 Å². The molecule has 8 aromatic rings. The summed E-state index contributed by atoms with van der Waals surface area (Å²) >= 11 is 0. The summed E-state index contributed by atoms with van der Waals surface area (Å²) in [4.78, 5) is 13.0. The molecule has 0 atom stereocenters. The standard InChI is InChI=1S/C20H22N6O2.C19H14N6O3/c1-20(2,3)17-16-10-23-24-18(15-8-13(11-27)9-22-15)26(16)25-19(17)28-12-14-6-4-5-7-21-14;26-10-13-9-16(24-28-13)18-22-21-17-14-6-1-2-7-15(14)19(23-25(17)18)27-11-12-5-3-4-8-20-12/h4-8,10,27H,9,11-12H2,1-3H3;1-9,26H,10-11H2. The third-order valence-electron chi connectivity index (χ3n) is 8.74. The molecule has 0 fully saturated rings. The van der Waals surface area contributed by atoms with Crippen molar-refractivity contribution < 1.29 is 24.2 Å². The molecule has 8 heterocycles. The van der Waals surface area contributed by atoms with Crippen molar-refractivity contribution in [3.8, 4) is 23.3 Å². The van der Waals surface area contributed by atoms with Crippen molar-refractivity contribution in [2.24, 2.45) is 4.99 Å². The van der Waals surface area contributed by atoms with E-state index in [2.05, 4.69) is 71.5 Å². The number of aliphatic hydroxyl groups is 2. The molecule has 17 heteroatoms. The molecule has 1 aliphatic rings. The monoisotopic (exact) mass is 752 g/mol. The van der Waals surface area contributed by atoms with Gasteiger partial charge < -0.3 is 24.2 Å². The van der Waals surface area contributed by atoms with Crippen molar-refractivity contribution >= 4 is 27.6 Å². The number of rotatable bonds is 10. The van der Waals surface area contributed by atoms with Gasteiger partial charge in [0.05, 0.1) is 36.3 Å². The third kappa shape index (κ3) is 7.27. The number of aromatic nitrogens is 11. The highest BCUT2D eigenvalue weighted by molar-refractivity contribution is 6.08. The molecule has 282 valence electrons. The molecule has 1 aromatic carbocycles. The fourth-order valence-electron chi connectivity index (χ4n) is 6.10. The van der Waals surface area contributed by atoms with Crippen LogP contribution in [0.1, 0.15) is 49.3 Å². The lowest BCUT2D eigenvalue weighted by Gasteiger charge is -2.18. The number of nitrogens with zero attached hydrogens (tertiary/aromatic N) is 12. The second-order valence-electron chi connectivity index (χ2n) is 13.7. The maximum atomic E-state index is 9.35. The van der Waals surface area contributed by atoms with Gasteiger partial charge in [-0.1, -0.05) is 56.3 Å². The predicted octanol–water partition coefficient (Wildman–Crippen LogP) is 4.52. The highest BCUT2D eigenvalue weighted by atomic mass is 16.5. The molecule has 0 saturated carbocycles. The lowest BCUT2D eigenvalue weighted by molar-refractivity contribution is 0.229. The van der Waals surface area contributed by atoms with Gasteiger partial charge in [-0.05, 0) is 47.4 Å². The zero-order valence-electron chi connectivity index (χ0n) is 30.7. The molecule has 0 aliphatic carbocycles. The van der Waals surface area contributed by atoms with Gasteiger partial charge in [0.2, 0.25) is 23.4 Å². The van der Waals surface area contributed by atoms with Gasteiger partial charge >= 0.3 is 0 Å².